The molecule has 1 aromatic heterocycles. The number of amides is 1. The molecule has 0 bridgehead atoms. The lowest BCUT2D eigenvalue weighted by atomic mass is 10.0. The lowest BCUT2D eigenvalue weighted by Gasteiger charge is -2.25. The zero-order valence-corrected chi connectivity index (χ0v) is 21.2. The number of nitrogens with zero attached hydrogens (tertiary/aromatic N) is 1. The van der Waals surface area contributed by atoms with Gasteiger partial charge in [0.2, 0.25) is 0 Å². The summed E-state index contributed by atoms with van der Waals surface area (Å²) in [5.74, 6) is 1.28. The van der Waals surface area contributed by atoms with Crippen molar-refractivity contribution in [3.05, 3.63) is 100 Å². The van der Waals surface area contributed by atoms with E-state index in [1.54, 1.807) is 54.6 Å². The number of carboxylic acid groups (broad SMARTS) is 1. The summed E-state index contributed by atoms with van der Waals surface area (Å²) in [5.41, 5.74) is 2.53. The van der Waals surface area contributed by atoms with Crippen LogP contribution in [0.4, 0.5) is 10.6 Å². The van der Waals surface area contributed by atoms with Crippen LogP contribution < -0.4 is 14.8 Å². The van der Waals surface area contributed by atoms with Crippen LogP contribution in [0.5, 0.6) is 17.2 Å². The zero-order valence-electron chi connectivity index (χ0n) is 19.7. The maximum Gasteiger partial charge on any atom is 0.506 e. The Morgan fingerprint density at radius 2 is 1.76 bits per heavy atom. The molecule has 5 rings (SSSR count). The summed E-state index contributed by atoms with van der Waals surface area (Å²) in [5, 5.41) is 12.7. The number of pyridine rings is 1. The number of carbonyl (C=O) groups excluding carboxylic acids is 1. The van der Waals surface area contributed by atoms with Crippen LogP contribution >= 0.6 is 23.2 Å². The third-order valence-electron chi connectivity index (χ3n) is 5.77. The molecule has 0 fully saturated rings. The summed E-state index contributed by atoms with van der Waals surface area (Å²) >= 11 is 12.3. The quantitative estimate of drug-likeness (QED) is 0.238. The molecule has 0 unspecified atom stereocenters. The highest BCUT2D eigenvalue weighted by Crippen LogP contribution is 2.42. The van der Waals surface area contributed by atoms with Gasteiger partial charge < -0.3 is 24.6 Å². The standard InChI is InChI=1S/C28H20Cl2N2O6/c29-18-8-4-16(5-9-18)22-2-1-3-26(31-22)32-27(33)17-6-10-19(11-7-17)37-25-15-24-20(14-21(25)30)23(12-13-36-24)38-28(34)35/h1-11,14-15,23H,12-13H2,(H,34,35)(H,31,32,33)/t23-/m1/s1. The van der Waals surface area contributed by atoms with Crippen molar-refractivity contribution < 1.29 is 28.9 Å². The highest BCUT2D eigenvalue weighted by atomic mass is 35.5. The number of hydrogen-bond donors (Lipinski definition) is 2. The zero-order chi connectivity index (χ0) is 26.6. The lowest BCUT2D eigenvalue weighted by Crippen LogP contribution is -2.18. The molecule has 3 aromatic carbocycles. The van der Waals surface area contributed by atoms with Crippen LogP contribution in [0.15, 0.2) is 78.9 Å². The van der Waals surface area contributed by atoms with Crippen LogP contribution in [0, 0.1) is 0 Å². The summed E-state index contributed by atoms with van der Waals surface area (Å²) < 4.78 is 16.5. The number of carbonyl (C=O) groups is 2. The van der Waals surface area contributed by atoms with Crippen molar-refractivity contribution in [1.82, 2.24) is 4.98 Å². The Labute approximate surface area is 227 Å². The fraction of sp³-hybridized carbons (Fsp3) is 0.107. The second-order valence-electron chi connectivity index (χ2n) is 8.33. The molecule has 2 heterocycles. The molecule has 0 spiro atoms. The van der Waals surface area contributed by atoms with Crippen LogP contribution in [0.3, 0.4) is 0 Å². The van der Waals surface area contributed by atoms with Crippen LogP contribution in [-0.2, 0) is 4.74 Å². The molecule has 192 valence electrons. The highest BCUT2D eigenvalue weighted by Gasteiger charge is 2.27. The molecule has 4 aromatic rings. The average Bonchev–Trinajstić information content (AvgIpc) is 2.90. The molecule has 8 nitrogen and oxygen atoms in total. The molecule has 10 heteroatoms. The summed E-state index contributed by atoms with van der Waals surface area (Å²) in [6, 6.07) is 22.3. The average molecular weight is 551 g/mol. The first-order valence-corrected chi connectivity index (χ1v) is 12.3. The smallest absolute Gasteiger partial charge is 0.493 e. The molecule has 2 N–H and O–H groups in total. The van der Waals surface area contributed by atoms with E-state index in [2.05, 4.69) is 10.3 Å². The van der Waals surface area contributed by atoms with Gasteiger partial charge in [0.05, 0.1) is 17.3 Å². The van der Waals surface area contributed by atoms with Crippen molar-refractivity contribution in [1.29, 1.82) is 0 Å². The van der Waals surface area contributed by atoms with Gasteiger partial charge in [0.1, 0.15) is 29.2 Å². The number of hydrogen-bond acceptors (Lipinski definition) is 6. The number of nitrogens with one attached hydrogen (secondary N) is 1. The van der Waals surface area contributed by atoms with E-state index < -0.39 is 12.3 Å². The fourth-order valence-electron chi connectivity index (χ4n) is 3.96. The normalized spacial score (nSPS) is 14.1. The van der Waals surface area contributed by atoms with Gasteiger partial charge in [-0.3, -0.25) is 4.79 Å². The molecule has 1 amide bonds. The van der Waals surface area contributed by atoms with Gasteiger partial charge in [-0.1, -0.05) is 41.4 Å². The Hall–Kier alpha value is -4.27. The second-order valence-corrected chi connectivity index (χ2v) is 9.17. The molecule has 1 aliphatic heterocycles. The molecular formula is C28H20Cl2N2O6. The van der Waals surface area contributed by atoms with Crippen LogP contribution in [0.1, 0.15) is 28.4 Å². The van der Waals surface area contributed by atoms with Gasteiger partial charge in [0, 0.05) is 34.2 Å². The first-order chi connectivity index (χ1) is 18.4. The molecule has 0 saturated heterocycles. The summed E-state index contributed by atoms with van der Waals surface area (Å²) in [4.78, 5) is 28.3. The maximum absolute atomic E-state index is 12.8. The van der Waals surface area contributed by atoms with Gasteiger partial charge in [-0.25, -0.2) is 9.78 Å². The number of ether oxygens (including phenoxy) is 3. The summed E-state index contributed by atoms with van der Waals surface area (Å²) in [6.45, 7) is 0.299. The van der Waals surface area contributed by atoms with Gasteiger partial charge >= 0.3 is 6.16 Å². The van der Waals surface area contributed by atoms with Gasteiger partial charge in [0.15, 0.2) is 0 Å². The highest BCUT2D eigenvalue weighted by molar-refractivity contribution is 6.32. The Kier molecular flexibility index (Phi) is 7.35. The third kappa shape index (κ3) is 5.82. The molecule has 0 saturated carbocycles. The first kappa shape index (κ1) is 25.4. The van der Waals surface area contributed by atoms with Crippen molar-refractivity contribution in [2.24, 2.45) is 0 Å². The van der Waals surface area contributed by atoms with Gasteiger partial charge in [-0.05, 0) is 54.6 Å². The van der Waals surface area contributed by atoms with Crippen molar-refractivity contribution in [3.8, 4) is 28.5 Å². The number of rotatable bonds is 6. The van der Waals surface area contributed by atoms with Crippen LogP contribution in [0.25, 0.3) is 11.3 Å². The predicted molar refractivity (Wildman–Crippen MR) is 143 cm³/mol. The van der Waals surface area contributed by atoms with E-state index in [4.69, 9.17) is 42.5 Å². The van der Waals surface area contributed by atoms with Crippen LogP contribution in [0.2, 0.25) is 10.0 Å². The van der Waals surface area contributed by atoms with E-state index in [0.29, 0.717) is 57.9 Å². The number of anilines is 1. The fourth-order valence-corrected chi connectivity index (χ4v) is 4.29. The topological polar surface area (TPSA) is 107 Å². The predicted octanol–water partition coefficient (Wildman–Crippen LogP) is 7.62. The van der Waals surface area contributed by atoms with E-state index in [1.165, 1.54) is 0 Å². The second kappa shape index (κ2) is 11.0. The van der Waals surface area contributed by atoms with Crippen molar-refractivity contribution >= 4 is 41.1 Å². The number of halogens is 2. The Balaban J connectivity index is 1.27. The Bertz CT molecular complexity index is 1490. The number of aromatic nitrogens is 1. The SMILES string of the molecule is O=C(O)O[C@@H]1CCOc2cc(Oc3ccc(C(=O)Nc4cccc(-c5ccc(Cl)cc5)n4)cc3)c(Cl)cc21. The van der Waals surface area contributed by atoms with Crippen LogP contribution in [-0.4, -0.2) is 28.8 Å². The Morgan fingerprint density at radius 1 is 1.00 bits per heavy atom. The van der Waals surface area contributed by atoms with E-state index in [1.807, 2.05) is 24.3 Å². The maximum atomic E-state index is 12.8. The molecule has 38 heavy (non-hydrogen) atoms. The van der Waals surface area contributed by atoms with E-state index in [0.717, 1.165) is 5.56 Å². The first-order valence-electron chi connectivity index (χ1n) is 11.5. The summed E-state index contributed by atoms with van der Waals surface area (Å²) in [6.07, 6.45) is -1.64. The van der Waals surface area contributed by atoms with Gasteiger partial charge in [0.25, 0.3) is 5.91 Å². The third-order valence-corrected chi connectivity index (χ3v) is 6.31. The molecular weight excluding hydrogens is 531 g/mol. The van der Waals surface area contributed by atoms with E-state index in [9.17, 15) is 9.59 Å². The molecule has 1 aliphatic rings. The minimum Gasteiger partial charge on any atom is -0.493 e. The van der Waals surface area contributed by atoms with Gasteiger partial charge in [-0.2, -0.15) is 0 Å². The number of benzene rings is 3. The van der Waals surface area contributed by atoms with Gasteiger partial charge in [-0.15, -0.1) is 0 Å². The molecule has 0 radical (unpaired) electrons. The molecule has 1 atom stereocenters. The monoisotopic (exact) mass is 550 g/mol. The minimum absolute atomic E-state index is 0.265. The lowest BCUT2D eigenvalue weighted by molar-refractivity contribution is 0.0326. The number of fused-ring (bicyclic) bond motifs is 1. The van der Waals surface area contributed by atoms with E-state index >= 15 is 0 Å². The Morgan fingerprint density at radius 3 is 2.50 bits per heavy atom. The van der Waals surface area contributed by atoms with Crippen molar-refractivity contribution in [2.45, 2.75) is 12.5 Å². The largest absolute Gasteiger partial charge is 0.506 e. The van der Waals surface area contributed by atoms with Crippen molar-refractivity contribution in [3.63, 3.8) is 0 Å². The molecule has 0 aliphatic carbocycles. The minimum atomic E-state index is -1.37. The van der Waals surface area contributed by atoms with Crippen molar-refractivity contribution in [2.75, 3.05) is 11.9 Å². The summed E-state index contributed by atoms with van der Waals surface area (Å²) in [7, 11) is 0. The van der Waals surface area contributed by atoms with E-state index in [-0.39, 0.29) is 10.9 Å².